The van der Waals surface area contributed by atoms with E-state index < -0.39 is 0 Å². The lowest BCUT2D eigenvalue weighted by atomic mass is 9.98. The Labute approximate surface area is 140 Å². The molecule has 0 aromatic heterocycles. The largest absolute Gasteiger partial charge is 0.497 e. The lowest BCUT2D eigenvalue weighted by Crippen LogP contribution is -2.54. The Morgan fingerprint density at radius 2 is 1.58 bits per heavy atom. The van der Waals surface area contributed by atoms with Crippen LogP contribution in [0.3, 0.4) is 0 Å². The van der Waals surface area contributed by atoms with Crippen molar-refractivity contribution in [2.45, 2.75) is 12.8 Å². The fourth-order valence-electron chi connectivity index (χ4n) is 3.05. The number of benzene rings is 1. The van der Waals surface area contributed by atoms with Crippen LogP contribution >= 0.6 is 0 Å². The van der Waals surface area contributed by atoms with Crippen LogP contribution in [-0.4, -0.2) is 61.4 Å². The fraction of sp³-hybridized carbons (Fsp3) is 0.471. The van der Waals surface area contributed by atoms with E-state index in [0.717, 1.165) is 0 Å². The Morgan fingerprint density at radius 3 is 2.08 bits per heavy atom. The molecule has 2 aliphatic rings. The van der Waals surface area contributed by atoms with Gasteiger partial charge in [-0.15, -0.1) is 0 Å². The highest BCUT2D eigenvalue weighted by molar-refractivity contribution is 6.02. The van der Waals surface area contributed by atoms with E-state index in [1.54, 1.807) is 23.1 Å². The van der Waals surface area contributed by atoms with Gasteiger partial charge in [0, 0.05) is 50.0 Å². The number of rotatable bonds is 5. The van der Waals surface area contributed by atoms with E-state index in [2.05, 4.69) is 0 Å². The monoisotopic (exact) mass is 332 g/mol. The summed E-state index contributed by atoms with van der Waals surface area (Å²) in [5.74, 6) is 0.936. The topological polar surface area (TPSA) is 76.2 Å². The zero-order chi connectivity index (χ0) is 17.3. The SMILES string of the molecule is COc1cc(OC)cc(C(=O)N2CC(CN3C(=O)CCC3=O)C2)c1. The van der Waals surface area contributed by atoms with Gasteiger partial charge < -0.3 is 14.4 Å². The van der Waals surface area contributed by atoms with E-state index in [4.69, 9.17) is 9.47 Å². The highest BCUT2D eigenvalue weighted by Gasteiger charge is 2.37. The third-order valence-corrected chi connectivity index (χ3v) is 4.44. The lowest BCUT2D eigenvalue weighted by Gasteiger charge is -2.40. The number of carbonyl (C=O) groups is 3. The molecule has 2 saturated heterocycles. The molecule has 0 aliphatic carbocycles. The molecule has 0 saturated carbocycles. The van der Waals surface area contributed by atoms with Crippen LogP contribution in [0.1, 0.15) is 23.2 Å². The number of ether oxygens (including phenoxy) is 2. The maximum Gasteiger partial charge on any atom is 0.254 e. The maximum absolute atomic E-state index is 12.5. The van der Waals surface area contributed by atoms with Gasteiger partial charge in [0.15, 0.2) is 0 Å². The predicted molar refractivity (Wildman–Crippen MR) is 84.9 cm³/mol. The number of amides is 3. The van der Waals surface area contributed by atoms with E-state index in [-0.39, 0.29) is 23.6 Å². The van der Waals surface area contributed by atoms with E-state index in [9.17, 15) is 14.4 Å². The Morgan fingerprint density at radius 1 is 1.04 bits per heavy atom. The summed E-state index contributed by atoms with van der Waals surface area (Å²) in [4.78, 5) is 38.8. The molecule has 0 radical (unpaired) electrons. The minimum absolute atomic E-state index is 0.109. The van der Waals surface area contributed by atoms with Crippen molar-refractivity contribution in [3.63, 3.8) is 0 Å². The smallest absolute Gasteiger partial charge is 0.254 e. The molecule has 0 atom stereocenters. The third-order valence-electron chi connectivity index (χ3n) is 4.44. The zero-order valence-electron chi connectivity index (χ0n) is 13.8. The molecule has 3 amide bonds. The summed E-state index contributed by atoms with van der Waals surface area (Å²) in [6.45, 7) is 1.48. The van der Waals surface area contributed by atoms with Crippen LogP contribution in [0.4, 0.5) is 0 Å². The first kappa shape index (κ1) is 16.3. The van der Waals surface area contributed by atoms with Gasteiger partial charge in [-0.25, -0.2) is 0 Å². The van der Waals surface area contributed by atoms with Crippen LogP contribution in [-0.2, 0) is 9.59 Å². The van der Waals surface area contributed by atoms with Gasteiger partial charge in [-0.1, -0.05) is 0 Å². The summed E-state index contributed by atoms with van der Waals surface area (Å²) in [6, 6.07) is 5.05. The van der Waals surface area contributed by atoms with E-state index in [1.807, 2.05) is 0 Å². The van der Waals surface area contributed by atoms with Gasteiger partial charge in [0.25, 0.3) is 5.91 Å². The lowest BCUT2D eigenvalue weighted by molar-refractivity contribution is -0.139. The van der Waals surface area contributed by atoms with Crippen molar-refractivity contribution in [1.29, 1.82) is 0 Å². The molecule has 0 N–H and O–H groups in total. The van der Waals surface area contributed by atoms with Gasteiger partial charge in [0.05, 0.1) is 14.2 Å². The van der Waals surface area contributed by atoms with Crippen molar-refractivity contribution in [2.75, 3.05) is 33.9 Å². The molecule has 1 aromatic carbocycles. The van der Waals surface area contributed by atoms with Crippen molar-refractivity contribution in [3.8, 4) is 11.5 Å². The first-order valence-corrected chi connectivity index (χ1v) is 7.87. The number of hydrogen-bond acceptors (Lipinski definition) is 5. The van der Waals surface area contributed by atoms with Crippen molar-refractivity contribution in [1.82, 2.24) is 9.80 Å². The maximum atomic E-state index is 12.5. The van der Waals surface area contributed by atoms with Crippen LogP contribution in [0.5, 0.6) is 11.5 Å². The number of carbonyl (C=O) groups excluding carboxylic acids is 3. The number of likely N-dealkylation sites (tertiary alicyclic amines) is 2. The van der Waals surface area contributed by atoms with Gasteiger partial charge in [-0.2, -0.15) is 0 Å². The molecule has 7 heteroatoms. The standard InChI is InChI=1S/C17H20N2O5/c1-23-13-5-12(6-14(7-13)24-2)17(22)18-8-11(9-18)10-19-15(20)3-4-16(19)21/h5-7,11H,3-4,8-10H2,1-2H3. The molecule has 0 bridgehead atoms. The number of imide groups is 1. The summed E-state index contributed by atoms with van der Waals surface area (Å²) in [6.07, 6.45) is 0.607. The minimum Gasteiger partial charge on any atom is -0.497 e. The molecule has 0 unspecified atom stereocenters. The summed E-state index contributed by atoms with van der Waals surface area (Å²) in [7, 11) is 3.07. The Hall–Kier alpha value is -2.57. The average Bonchev–Trinajstić information content (AvgIpc) is 2.87. The first-order chi connectivity index (χ1) is 11.5. The average molecular weight is 332 g/mol. The molecule has 0 spiro atoms. The van der Waals surface area contributed by atoms with Crippen LogP contribution in [0.2, 0.25) is 0 Å². The highest BCUT2D eigenvalue weighted by atomic mass is 16.5. The highest BCUT2D eigenvalue weighted by Crippen LogP contribution is 2.27. The third kappa shape index (κ3) is 3.06. The second-order valence-electron chi connectivity index (χ2n) is 6.08. The van der Waals surface area contributed by atoms with Gasteiger partial charge >= 0.3 is 0 Å². The molecule has 3 rings (SSSR count). The normalized spacial score (nSPS) is 17.9. The van der Waals surface area contributed by atoms with Crippen LogP contribution in [0.15, 0.2) is 18.2 Å². The number of hydrogen-bond donors (Lipinski definition) is 0. The van der Waals surface area contributed by atoms with Gasteiger partial charge in [-0.05, 0) is 12.1 Å². The zero-order valence-corrected chi connectivity index (χ0v) is 13.8. The molecule has 128 valence electrons. The molecular weight excluding hydrogens is 312 g/mol. The molecule has 2 aliphatic heterocycles. The summed E-state index contributed by atoms with van der Waals surface area (Å²) in [5, 5.41) is 0. The Bertz CT molecular complexity index is 643. The predicted octanol–water partition coefficient (Wildman–Crippen LogP) is 0.925. The second kappa shape index (κ2) is 6.51. The van der Waals surface area contributed by atoms with Crippen LogP contribution in [0.25, 0.3) is 0 Å². The first-order valence-electron chi connectivity index (χ1n) is 7.87. The van der Waals surface area contributed by atoms with Gasteiger partial charge in [-0.3, -0.25) is 19.3 Å². The molecule has 1 aromatic rings. The number of nitrogens with zero attached hydrogens (tertiary/aromatic N) is 2. The minimum atomic E-state index is -0.109. The van der Waals surface area contributed by atoms with Crippen LogP contribution in [0, 0.1) is 5.92 Å². The van der Waals surface area contributed by atoms with E-state index in [0.29, 0.717) is 49.5 Å². The fourth-order valence-corrected chi connectivity index (χ4v) is 3.05. The van der Waals surface area contributed by atoms with Crippen molar-refractivity contribution >= 4 is 17.7 Å². The molecular formula is C17H20N2O5. The molecule has 7 nitrogen and oxygen atoms in total. The number of methoxy groups -OCH3 is 2. The van der Waals surface area contributed by atoms with E-state index >= 15 is 0 Å². The molecule has 2 heterocycles. The summed E-state index contributed by atoms with van der Waals surface area (Å²) < 4.78 is 10.4. The molecule has 24 heavy (non-hydrogen) atoms. The Kier molecular flexibility index (Phi) is 4.42. The van der Waals surface area contributed by atoms with Crippen molar-refractivity contribution < 1.29 is 23.9 Å². The van der Waals surface area contributed by atoms with E-state index in [1.165, 1.54) is 19.1 Å². The van der Waals surface area contributed by atoms with Crippen molar-refractivity contribution in [3.05, 3.63) is 23.8 Å². The Balaban J connectivity index is 1.60. The summed E-state index contributed by atoms with van der Waals surface area (Å²) >= 11 is 0. The molecule has 2 fully saturated rings. The van der Waals surface area contributed by atoms with Gasteiger partial charge in [0.2, 0.25) is 11.8 Å². The summed E-state index contributed by atoms with van der Waals surface area (Å²) in [5.41, 5.74) is 0.498. The quantitative estimate of drug-likeness (QED) is 0.750. The van der Waals surface area contributed by atoms with Gasteiger partial charge in [0.1, 0.15) is 11.5 Å². The van der Waals surface area contributed by atoms with Crippen molar-refractivity contribution in [2.24, 2.45) is 5.92 Å². The second-order valence-corrected chi connectivity index (χ2v) is 6.08. The van der Waals surface area contributed by atoms with Crippen LogP contribution < -0.4 is 9.47 Å².